The Bertz CT molecular complexity index is 340. The zero-order chi connectivity index (χ0) is 10.8. The maximum absolute atomic E-state index is 13.0. The lowest BCUT2D eigenvalue weighted by atomic mass is 10.2. The van der Waals surface area contributed by atoms with E-state index in [-0.39, 0.29) is 6.54 Å². The lowest BCUT2D eigenvalue weighted by molar-refractivity contribution is 0.115. The van der Waals surface area contributed by atoms with Gasteiger partial charge in [0.2, 0.25) is 0 Å². The number of aliphatic hydroxyl groups is 1. The van der Waals surface area contributed by atoms with Crippen LogP contribution in [-0.4, -0.2) is 40.4 Å². The highest BCUT2D eigenvalue weighted by atomic mass is 35.5. The van der Waals surface area contributed by atoms with Gasteiger partial charge in [-0.15, -0.1) is 0 Å². The van der Waals surface area contributed by atoms with E-state index in [4.69, 9.17) is 11.6 Å². The Labute approximate surface area is 92.5 Å². The molecule has 0 aromatic carbocycles. The molecular weight excluding hydrogens is 219 g/mol. The maximum Gasteiger partial charge on any atom is 0.140 e. The van der Waals surface area contributed by atoms with E-state index >= 15 is 0 Å². The Morgan fingerprint density at radius 3 is 3.00 bits per heavy atom. The Hall–Kier alpha value is -0.710. The Kier molecular flexibility index (Phi) is 3.19. The first-order chi connectivity index (χ1) is 7.16. The van der Waals surface area contributed by atoms with E-state index in [1.54, 1.807) is 18.5 Å². The first-order valence-electron chi connectivity index (χ1n) is 4.79. The number of pyridine rings is 1. The van der Waals surface area contributed by atoms with Gasteiger partial charge < -0.3 is 5.11 Å². The fourth-order valence-electron chi connectivity index (χ4n) is 1.72. The smallest absolute Gasteiger partial charge is 0.140 e. The van der Waals surface area contributed by atoms with Crippen molar-refractivity contribution in [2.75, 3.05) is 13.1 Å². The van der Waals surface area contributed by atoms with Crippen LogP contribution in [0.25, 0.3) is 0 Å². The zero-order valence-corrected chi connectivity index (χ0v) is 8.86. The number of rotatable bonds is 2. The quantitative estimate of drug-likeness (QED) is 0.831. The minimum absolute atomic E-state index is 0.256. The van der Waals surface area contributed by atoms with Crippen molar-refractivity contribution in [3.63, 3.8) is 0 Å². The second kappa shape index (κ2) is 4.43. The van der Waals surface area contributed by atoms with Gasteiger partial charge in [-0.05, 0) is 6.07 Å². The predicted molar refractivity (Wildman–Crippen MR) is 55.4 cm³/mol. The van der Waals surface area contributed by atoms with E-state index < -0.39 is 12.3 Å². The molecule has 1 N–H and O–H groups in total. The first-order valence-corrected chi connectivity index (χ1v) is 5.17. The molecule has 5 heteroatoms. The van der Waals surface area contributed by atoms with Gasteiger partial charge in [-0.25, -0.2) is 4.39 Å². The Morgan fingerprint density at radius 2 is 2.40 bits per heavy atom. The van der Waals surface area contributed by atoms with Crippen molar-refractivity contribution in [1.29, 1.82) is 0 Å². The van der Waals surface area contributed by atoms with Crippen LogP contribution in [0.15, 0.2) is 18.5 Å². The lowest BCUT2D eigenvalue weighted by Crippen LogP contribution is -2.21. The van der Waals surface area contributed by atoms with E-state index in [0.29, 0.717) is 18.1 Å². The van der Waals surface area contributed by atoms with Gasteiger partial charge in [-0.1, -0.05) is 11.6 Å². The van der Waals surface area contributed by atoms with Crippen molar-refractivity contribution in [2.45, 2.75) is 18.8 Å². The molecule has 2 heterocycles. The Morgan fingerprint density at radius 1 is 1.60 bits per heavy atom. The standard InChI is InChI=1S/C10H12ClFN2O/c11-8-1-2-13-3-7(8)4-14-5-9(12)10(15)6-14/h1-3,9-10,15H,4-6H2/t9-,10-/m1/s1. The molecule has 2 atom stereocenters. The van der Waals surface area contributed by atoms with E-state index in [1.807, 2.05) is 4.90 Å². The van der Waals surface area contributed by atoms with E-state index in [2.05, 4.69) is 4.98 Å². The SMILES string of the molecule is O[C@@H]1CN(Cc2cnccc2Cl)C[C@H]1F. The molecular formula is C10H12ClFN2O. The number of aliphatic hydroxyl groups excluding tert-OH is 1. The molecule has 1 saturated heterocycles. The fourth-order valence-corrected chi connectivity index (χ4v) is 1.88. The summed E-state index contributed by atoms with van der Waals surface area (Å²) in [6.07, 6.45) is 1.25. The molecule has 1 aromatic rings. The number of alkyl halides is 1. The Balaban J connectivity index is 2.01. The van der Waals surface area contributed by atoms with Crippen LogP contribution in [0.1, 0.15) is 5.56 Å². The van der Waals surface area contributed by atoms with Gasteiger partial charge in [-0.3, -0.25) is 9.88 Å². The predicted octanol–water partition coefficient (Wildman–Crippen LogP) is 1.25. The summed E-state index contributed by atoms with van der Waals surface area (Å²) in [6, 6.07) is 1.70. The zero-order valence-electron chi connectivity index (χ0n) is 8.11. The highest BCUT2D eigenvalue weighted by Crippen LogP contribution is 2.20. The number of hydrogen-bond acceptors (Lipinski definition) is 3. The maximum atomic E-state index is 13.0. The minimum atomic E-state index is -1.15. The largest absolute Gasteiger partial charge is 0.389 e. The van der Waals surface area contributed by atoms with Gasteiger partial charge in [0.1, 0.15) is 6.17 Å². The molecule has 2 rings (SSSR count). The van der Waals surface area contributed by atoms with Crippen molar-refractivity contribution < 1.29 is 9.50 Å². The van der Waals surface area contributed by atoms with Gasteiger partial charge in [-0.2, -0.15) is 0 Å². The van der Waals surface area contributed by atoms with Crippen molar-refractivity contribution in [1.82, 2.24) is 9.88 Å². The molecule has 0 bridgehead atoms. The average molecular weight is 231 g/mol. The highest BCUT2D eigenvalue weighted by Gasteiger charge is 2.31. The van der Waals surface area contributed by atoms with Crippen molar-refractivity contribution >= 4 is 11.6 Å². The third kappa shape index (κ3) is 2.45. The van der Waals surface area contributed by atoms with E-state index in [1.165, 1.54) is 0 Å². The van der Waals surface area contributed by atoms with Crippen LogP contribution in [-0.2, 0) is 6.54 Å². The summed E-state index contributed by atoms with van der Waals surface area (Å²) in [7, 11) is 0. The summed E-state index contributed by atoms with van der Waals surface area (Å²) in [6.45, 7) is 1.14. The summed E-state index contributed by atoms with van der Waals surface area (Å²) in [5.41, 5.74) is 0.862. The van der Waals surface area contributed by atoms with Crippen LogP contribution in [0.5, 0.6) is 0 Å². The van der Waals surface area contributed by atoms with E-state index in [0.717, 1.165) is 5.56 Å². The molecule has 1 aliphatic rings. The number of nitrogens with zero attached hydrogens (tertiary/aromatic N) is 2. The van der Waals surface area contributed by atoms with Crippen molar-refractivity contribution in [2.24, 2.45) is 0 Å². The second-order valence-corrected chi connectivity index (χ2v) is 4.15. The van der Waals surface area contributed by atoms with Gasteiger partial charge in [0.15, 0.2) is 0 Å². The summed E-state index contributed by atoms with van der Waals surface area (Å²) >= 11 is 5.95. The minimum Gasteiger partial charge on any atom is -0.389 e. The molecule has 15 heavy (non-hydrogen) atoms. The molecule has 0 unspecified atom stereocenters. The number of halogens is 2. The topological polar surface area (TPSA) is 36.4 Å². The normalized spacial score (nSPS) is 27.1. The summed E-state index contributed by atoms with van der Waals surface area (Å²) in [5, 5.41) is 9.88. The third-order valence-corrected chi connectivity index (χ3v) is 2.90. The summed E-state index contributed by atoms with van der Waals surface area (Å²) < 4.78 is 13.0. The van der Waals surface area contributed by atoms with Gasteiger partial charge in [0, 0.05) is 42.6 Å². The molecule has 3 nitrogen and oxygen atoms in total. The van der Waals surface area contributed by atoms with Crippen LogP contribution < -0.4 is 0 Å². The van der Waals surface area contributed by atoms with Gasteiger partial charge >= 0.3 is 0 Å². The van der Waals surface area contributed by atoms with Crippen LogP contribution in [0.4, 0.5) is 4.39 Å². The van der Waals surface area contributed by atoms with E-state index in [9.17, 15) is 9.50 Å². The summed E-state index contributed by atoms with van der Waals surface area (Å²) in [5.74, 6) is 0. The molecule has 82 valence electrons. The van der Waals surface area contributed by atoms with Crippen LogP contribution in [0.3, 0.4) is 0 Å². The summed E-state index contributed by atoms with van der Waals surface area (Å²) in [4.78, 5) is 5.79. The highest BCUT2D eigenvalue weighted by molar-refractivity contribution is 6.31. The number of β-amino-alcohol motifs (C(OH)–C–C–N with tert-alkyl or cyclic N) is 1. The molecule has 1 aromatic heterocycles. The van der Waals surface area contributed by atoms with Gasteiger partial charge in [0.25, 0.3) is 0 Å². The third-order valence-electron chi connectivity index (χ3n) is 2.53. The second-order valence-electron chi connectivity index (χ2n) is 3.74. The molecule has 0 saturated carbocycles. The number of aromatic nitrogens is 1. The van der Waals surface area contributed by atoms with Crippen molar-refractivity contribution in [3.8, 4) is 0 Å². The molecule has 0 aliphatic carbocycles. The number of likely N-dealkylation sites (tertiary alicyclic amines) is 1. The van der Waals surface area contributed by atoms with Crippen LogP contribution in [0, 0.1) is 0 Å². The van der Waals surface area contributed by atoms with Gasteiger partial charge in [0.05, 0.1) is 6.10 Å². The molecule has 1 aliphatic heterocycles. The van der Waals surface area contributed by atoms with Crippen LogP contribution in [0.2, 0.25) is 5.02 Å². The monoisotopic (exact) mass is 230 g/mol. The number of hydrogen-bond donors (Lipinski definition) is 1. The lowest BCUT2D eigenvalue weighted by Gasteiger charge is -2.14. The van der Waals surface area contributed by atoms with Crippen molar-refractivity contribution in [3.05, 3.63) is 29.0 Å². The molecule has 0 radical (unpaired) electrons. The molecule has 0 amide bonds. The molecule has 1 fully saturated rings. The molecule has 0 spiro atoms. The van der Waals surface area contributed by atoms with Crippen LogP contribution >= 0.6 is 11.6 Å². The fraction of sp³-hybridized carbons (Fsp3) is 0.500. The average Bonchev–Trinajstić information content (AvgIpc) is 2.50. The first kappa shape index (κ1) is 10.8.